The molecule has 1 N–H and O–H groups in total. The summed E-state index contributed by atoms with van der Waals surface area (Å²) in [6.07, 6.45) is 0.870. The zero-order valence-corrected chi connectivity index (χ0v) is 13.0. The van der Waals surface area contributed by atoms with Gasteiger partial charge in [0.1, 0.15) is 0 Å². The van der Waals surface area contributed by atoms with E-state index in [0.717, 1.165) is 32.6 Å². The van der Waals surface area contributed by atoms with Crippen LogP contribution in [0.3, 0.4) is 0 Å². The monoisotopic (exact) mass is 276 g/mol. The van der Waals surface area contributed by atoms with Gasteiger partial charge >= 0.3 is 0 Å². The summed E-state index contributed by atoms with van der Waals surface area (Å²) in [7, 11) is 0. The van der Waals surface area contributed by atoms with E-state index in [1.165, 1.54) is 11.1 Å². The molecule has 0 spiro atoms. The average molecular weight is 276 g/mol. The summed E-state index contributed by atoms with van der Waals surface area (Å²) in [5, 5.41) is 9.34. The first-order chi connectivity index (χ1) is 9.61. The average Bonchev–Trinajstić information content (AvgIpc) is 2.43. The van der Waals surface area contributed by atoms with Crippen LogP contribution < -0.4 is 0 Å². The third kappa shape index (κ3) is 3.81. The van der Waals surface area contributed by atoms with Crippen molar-refractivity contribution in [1.29, 1.82) is 0 Å². The van der Waals surface area contributed by atoms with E-state index in [9.17, 15) is 5.11 Å². The minimum Gasteiger partial charge on any atom is -0.396 e. The summed E-state index contributed by atoms with van der Waals surface area (Å²) in [6.45, 7) is 11.3. The van der Waals surface area contributed by atoms with Crippen LogP contribution in [0.1, 0.15) is 31.4 Å². The highest BCUT2D eigenvalue weighted by atomic mass is 16.3. The van der Waals surface area contributed by atoms with Crippen LogP contribution in [0.2, 0.25) is 0 Å². The van der Waals surface area contributed by atoms with Crippen molar-refractivity contribution in [3.63, 3.8) is 0 Å². The lowest BCUT2D eigenvalue weighted by Gasteiger charge is -2.43. The molecule has 1 aromatic rings. The fraction of sp³-hybridized carbons (Fsp3) is 0.647. The molecule has 1 aliphatic heterocycles. The lowest BCUT2D eigenvalue weighted by Crippen LogP contribution is -2.54. The van der Waals surface area contributed by atoms with Crippen LogP contribution in [-0.2, 0) is 6.54 Å². The fourth-order valence-electron chi connectivity index (χ4n) is 3.02. The fourth-order valence-corrected chi connectivity index (χ4v) is 3.02. The second kappa shape index (κ2) is 7.21. The Labute approximate surface area is 123 Å². The van der Waals surface area contributed by atoms with Gasteiger partial charge in [-0.15, -0.1) is 0 Å². The molecule has 0 saturated carbocycles. The van der Waals surface area contributed by atoms with Crippen molar-refractivity contribution in [2.24, 2.45) is 0 Å². The lowest BCUT2D eigenvalue weighted by molar-refractivity contribution is 0.0388. The first-order valence-corrected chi connectivity index (χ1v) is 7.75. The molecule has 1 aliphatic rings. The van der Waals surface area contributed by atoms with Crippen LogP contribution in [0.4, 0.5) is 0 Å². The third-order valence-corrected chi connectivity index (χ3v) is 4.46. The van der Waals surface area contributed by atoms with E-state index in [-0.39, 0.29) is 6.61 Å². The topological polar surface area (TPSA) is 26.7 Å². The molecule has 1 unspecified atom stereocenters. The molecule has 3 heteroatoms. The number of benzene rings is 1. The molecule has 1 aromatic carbocycles. The number of piperazine rings is 1. The molecule has 1 heterocycles. The first-order valence-electron chi connectivity index (χ1n) is 7.75. The SMILES string of the molecule is Cc1ccccc1CN1CCN(C(C)C)CC1CCO. The first kappa shape index (κ1) is 15.5. The minimum atomic E-state index is 0.279. The molecule has 3 nitrogen and oxygen atoms in total. The lowest BCUT2D eigenvalue weighted by atomic mass is 10.0. The molecule has 0 amide bonds. The highest BCUT2D eigenvalue weighted by Crippen LogP contribution is 2.19. The normalized spacial score (nSPS) is 21.6. The Kier molecular flexibility index (Phi) is 5.58. The maximum atomic E-state index is 9.34. The predicted octanol–water partition coefficient (Wildman–Crippen LogP) is 2.27. The molecule has 112 valence electrons. The van der Waals surface area contributed by atoms with Gasteiger partial charge in [0.05, 0.1) is 0 Å². The molecule has 0 radical (unpaired) electrons. The summed E-state index contributed by atoms with van der Waals surface area (Å²) in [5.74, 6) is 0. The van der Waals surface area contributed by atoms with E-state index >= 15 is 0 Å². The van der Waals surface area contributed by atoms with Gasteiger partial charge in [-0.2, -0.15) is 0 Å². The summed E-state index contributed by atoms with van der Waals surface area (Å²) < 4.78 is 0. The highest BCUT2D eigenvalue weighted by molar-refractivity contribution is 5.25. The molecule has 1 atom stereocenters. The van der Waals surface area contributed by atoms with E-state index in [4.69, 9.17) is 0 Å². The molecule has 2 rings (SSSR count). The summed E-state index contributed by atoms with van der Waals surface area (Å²) in [5.41, 5.74) is 2.77. The summed E-state index contributed by atoms with van der Waals surface area (Å²) >= 11 is 0. The van der Waals surface area contributed by atoms with Gasteiger partial charge in [0.25, 0.3) is 0 Å². The maximum absolute atomic E-state index is 9.34. The largest absolute Gasteiger partial charge is 0.396 e. The van der Waals surface area contributed by atoms with Crippen molar-refractivity contribution in [3.8, 4) is 0 Å². The molecule has 0 aromatic heterocycles. The van der Waals surface area contributed by atoms with E-state index in [2.05, 4.69) is 54.8 Å². The number of hydrogen-bond donors (Lipinski definition) is 1. The van der Waals surface area contributed by atoms with Crippen LogP contribution in [0.15, 0.2) is 24.3 Å². The van der Waals surface area contributed by atoms with E-state index in [1.54, 1.807) is 0 Å². The van der Waals surface area contributed by atoms with Crippen LogP contribution in [0, 0.1) is 6.92 Å². The van der Waals surface area contributed by atoms with Crippen molar-refractivity contribution in [2.75, 3.05) is 26.2 Å². The predicted molar refractivity (Wildman–Crippen MR) is 83.8 cm³/mol. The Hall–Kier alpha value is -0.900. The number of aliphatic hydroxyl groups excluding tert-OH is 1. The van der Waals surface area contributed by atoms with Crippen LogP contribution >= 0.6 is 0 Å². The Bertz CT molecular complexity index is 419. The summed E-state index contributed by atoms with van der Waals surface area (Å²) in [6, 6.07) is 9.68. The van der Waals surface area contributed by atoms with Gasteiger partial charge < -0.3 is 5.11 Å². The van der Waals surface area contributed by atoms with Gasteiger partial charge in [0, 0.05) is 44.9 Å². The van der Waals surface area contributed by atoms with Gasteiger partial charge in [0.15, 0.2) is 0 Å². The van der Waals surface area contributed by atoms with Gasteiger partial charge in [-0.1, -0.05) is 24.3 Å². The minimum absolute atomic E-state index is 0.279. The zero-order valence-electron chi connectivity index (χ0n) is 13.0. The third-order valence-electron chi connectivity index (χ3n) is 4.46. The number of hydrogen-bond acceptors (Lipinski definition) is 3. The van der Waals surface area contributed by atoms with Crippen molar-refractivity contribution < 1.29 is 5.11 Å². The van der Waals surface area contributed by atoms with E-state index in [1.807, 2.05) is 0 Å². The molecule has 1 fully saturated rings. The maximum Gasteiger partial charge on any atom is 0.0446 e. The number of aryl methyl sites for hydroxylation is 1. The van der Waals surface area contributed by atoms with Crippen molar-refractivity contribution in [2.45, 2.75) is 45.8 Å². The van der Waals surface area contributed by atoms with E-state index in [0.29, 0.717) is 12.1 Å². The molecular formula is C17H28N2O. The molecule has 20 heavy (non-hydrogen) atoms. The van der Waals surface area contributed by atoms with Gasteiger partial charge in [-0.3, -0.25) is 9.80 Å². The number of nitrogens with zero attached hydrogens (tertiary/aromatic N) is 2. The van der Waals surface area contributed by atoms with Crippen LogP contribution in [-0.4, -0.2) is 53.2 Å². The number of aliphatic hydroxyl groups is 1. The molecular weight excluding hydrogens is 248 g/mol. The molecule has 0 aliphatic carbocycles. The Morgan fingerprint density at radius 3 is 2.65 bits per heavy atom. The zero-order chi connectivity index (χ0) is 14.5. The van der Waals surface area contributed by atoms with Crippen molar-refractivity contribution in [3.05, 3.63) is 35.4 Å². The van der Waals surface area contributed by atoms with Gasteiger partial charge in [-0.05, 0) is 38.3 Å². The van der Waals surface area contributed by atoms with Crippen LogP contribution in [0.5, 0.6) is 0 Å². The summed E-state index contributed by atoms with van der Waals surface area (Å²) in [4.78, 5) is 5.06. The number of rotatable bonds is 5. The Balaban J connectivity index is 2.04. The van der Waals surface area contributed by atoms with Gasteiger partial charge in [0.2, 0.25) is 0 Å². The molecule has 0 bridgehead atoms. The standard InChI is InChI=1S/C17H28N2O/c1-14(2)18-9-10-19(17(13-18)8-11-20)12-16-7-5-4-6-15(16)3/h4-7,14,17,20H,8-13H2,1-3H3. The quantitative estimate of drug-likeness (QED) is 0.894. The van der Waals surface area contributed by atoms with E-state index < -0.39 is 0 Å². The smallest absolute Gasteiger partial charge is 0.0446 e. The van der Waals surface area contributed by atoms with Crippen molar-refractivity contribution >= 4 is 0 Å². The Morgan fingerprint density at radius 2 is 2.00 bits per heavy atom. The second-order valence-corrected chi connectivity index (χ2v) is 6.15. The van der Waals surface area contributed by atoms with Crippen LogP contribution in [0.25, 0.3) is 0 Å². The molecule has 1 saturated heterocycles. The van der Waals surface area contributed by atoms with Gasteiger partial charge in [-0.25, -0.2) is 0 Å². The Morgan fingerprint density at radius 1 is 1.25 bits per heavy atom. The second-order valence-electron chi connectivity index (χ2n) is 6.15. The van der Waals surface area contributed by atoms with Crippen molar-refractivity contribution in [1.82, 2.24) is 9.80 Å². The highest BCUT2D eigenvalue weighted by Gasteiger charge is 2.27.